The zero-order valence-electron chi connectivity index (χ0n) is 18.9. The molecule has 16 nitrogen and oxygen atoms in total. The van der Waals surface area contributed by atoms with Crippen molar-refractivity contribution in [3.63, 3.8) is 0 Å². The van der Waals surface area contributed by atoms with Crippen molar-refractivity contribution in [1.29, 1.82) is 0 Å². The summed E-state index contributed by atoms with van der Waals surface area (Å²) in [6.45, 7) is 0.428. The average Bonchev–Trinajstić information content (AvgIpc) is 2.78. The number of carboxylic acid groups (broad SMARTS) is 5. The second-order valence-corrected chi connectivity index (χ2v) is 6.37. The van der Waals surface area contributed by atoms with Gasteiger partial charge in [0, 0.05) is 19.3 Å². The van der Waals surface area contributed by atoms with E-state index in [0.29, 0.717) is 19.3 Å². The van der Waals surface area contributed by atoms with Crippen molar-refractivity contribution in [1.82, 2.24) is 0 Å². The monoisotopic (exact) mass is 514 g/mol. The minimum Gasteiger partial charge on any atom is -0.481 e. The van der Waals surface area contributed by atoms with E-state index in [2.05, 4.69) is 0 Å². The molecule has 16 heteroatoms. The molecule has 0 aliphatic rings. The third-order valence-electron chi connectivity index (χ3n) is 3.22. The topological polar surface area (TPSA) is 313 Å². The summed E-state index contributed by atoms with van der Waals surface area (Å²) in [5.74, 6) is -6.94. The van der Waals surface area contributed by atoms with E-state index < -0.39 is 60.6 Å². The lowest BCUT2D eigenvalue weighted by atomic mass is 10.2. The van der Waals surface area contributed by atoms with E-state index in [9.17, 15) is 33.6 Å². The Morgan fingerprint density at radius 1 is 0.771 bits per heavy atom. The minimum atomic E-state index is -1.58. The van der Waals surface area contributed by atoms with Crippen LogP contribution in [-0.4, -0.2) is 103 Å². The molecule has 0 aromatic carbocycles. The van der Waals surface area contributed by atoms with Gasteiger partial charge in [-0.15, -0.1) is 0 Å². The molecule has 2 atom stereocenters. The first kappa shape index (κ1) is 38.8. The summed E-state index contributed by atoms with van der Waals surface area (Å²) in [4.78, 5) is 68.7. The molecule has 0 spiro atoms. The Morgan fingerprint density at radius 3 is 1.54 bits per heavy atom. The zero-order valence-corrected chi connectivity index (χ0v) is 18.9. The first-order valence-corrected chi connectivity index (χ1v) is 9.98. The van der Waals surface area contributed by atoms with Gasteiger partial charge in [-0.2, -0.15) is 0 Å². The van der Waals surface area contributed by atoms with Crippen LogP contribution in [0.4, 0.5) is 0 Å². The van der Waals surface area contributed by atoms with Gasteiger partial charge in [0.2, 0.25) is 5.78 Å². The Kier molecular flexibility index (Phi) is 29.7. The van der Waals surface area contributed by atoms with Gasteiger partial charge < -0.3 is 52.0 Å². The number of carbonyl (C=O) groups excluding carboxylic acids is 2. The number of aliphatic hydroxyl groups is 2. The van der Waals surface area contributed by atoms with Gasteiger partial charge in [-0.3, -0.25) is 24.0 Å². The van der Waals surface area contributed by atoms with Gasteiger partial charge in [-0.25, -0.2) is 4.79 Å². The van der Waals surface area contributed by atoms with Crippen LogP contribution in [-0.2, 0) is 33.6 Å². The number of Topliss-reactive ketones (excluding diaryl/α,β-unsaturated/α-hetero) is 1. The van der Waals surface area contributed by atoms with E-state index in [1.807, 2.05) is 0 Å². The molecule has 0 aromatic rings. The Morgan fingerprint density at radius 2 is 1.26 bits per heavy atom. The maximum atomic E-state index is 10.2. The van der Waals surface area contributed by atoms with Crippen molar-refractivity contribution in [2.45, 2.75) is 63.5 Å². The summed E-state index contributed by atoms with van der Waals surface area (Å²) in [6.07, 6.45) is 0.383. The van der Waals surface area contributed by atoms with Crippen LogP contribution in [0.25, 0.3) is 0 Å². The van der Waals surface area contributed by atoms with E-state index >= 15 is 0 Å². The SMILES string of the molecule is NC(CCC(=O)O)C(=O)O.NCCCC(O)CO.O=C(O)CCC(=O)C(=O)O.O=CCCC(=O)O. The van der Waals surface area contributed by atoms with Crippen LogP contribution in [0.1, 0.15) is 51.4 Å². The highest BCUT2D eigenvalue weighted by atomic mass is 16.4. The van der Waals surface area contributed by atoms with Crippen LogP contribution in [0.15, 0.2) is 0 Å². The molecule has 2 unspecified atom stereocenters. The van der Waals surface area contributed by atoms with Crippen molar-refractivity contribution in [3.8, 4) is 0 Å². The Hall–Kier alpha value is -3.47. The molecule has 35 heavy (non-hydrogen) atoms. The maximum Gasteiger partial charge on any atom is 0.372 e. The highest BCUT2D eigenvalue weighted by Crippen LogP contribution is 1.94. The number of aldehydes is 1. The van der Waals surface area contributed by atoms with E-state index in [4.69, 9.17) is 47.2 Å². The second-order valence-electron chi connectivity index (χ2n) is 6.37. The highest BCUT2D eigenvalue weighted by Gasteiger charge is 2.12. The molecule has 0 aromatic heterocycles. The Balaban J connectivity index is -0.000000185. The number of carboxylic acids is 5. The number of aliphatic carboxylic acids is 5. The lowest BCUT2D eigenvalue weighted by Gasteiger charge is -2.02. The van der Waals surface area contributed by atoms with Crippen LogP contribution in [0.2, 0.25) is 0 Å². The summed E-state index contributed by atoms with van der Waals surface area (Å²) in [7, 11) is 0. The predicted molar refractivity (Wildman–Crippen MR) is 116 cm³/mol. The number of hydrogen-bond donors (Lipinski definition) is 9. The van der Waals surface area contributed by atoms with E-state index in [-0.39, 0.29) is 32.3 Å². The standard InChI is InChI=1S/C5H9NO4.C5H13NO2.C5H6O5.C4H6O3/c6-3(5(9)10)1-2-4(7)8;6-3-1-2-5(8)4-7;6-3(5(9)10)1-2-4(7)8;5-3-1-2-4(6)7/h3H,1-2,6H2,(H,7,8)(H,9,10);5,7-8H,1-4,6H2;1-2H2,(H,7,8)(H,9,10);3H,1-2H2,(H,6,7). The average molecular weight is 514 g/mol. The largest absolute Gasteiger partial charge is 0.481 e. The van der Waals surface area contributed by atoms with Crippen LogP contribution in [0, 0.1) is 0 Å². The lowest BCUT2D eigenvalue weighted by molar-refractivity contribution is -0.150. The highest BCUT2D eigenvalue weighted by molar-refractivity contribution is 6.32. The van der Waals surface area contributed by atoms with Gasteiger partial charge in [-0.05, 0) is 25.8 Å². The number of ketones is 1. The van der Waals surface area contributed by atoms with Crippen LogP contribution in [0.5, 0.6) is 0 Å². The van der Waals surface area contributed by atoms with Crippen molar-refractivity contribution < 1.29 is 69.3 Å². The number of nitrogens with two attached hydrogens (primary N) is 2. The third kappa shape index (κ3) is 41.3. The number of hydrogen-bond acceptors (Lipinski definition) is 11. The molecule has 0 radical (unpaired) electrons. The van der Waals surface area contributed by atoms with Gasteiger partial charge >= 0.3 is 29.8 Å². The third-order valence-corrected chi connectivity index (χ3v) is 3.22. The summed E-state index contributed by atoms with van der Waals surface area (Å²) >= 11 is 0. The van der Waals surface area contributed by atoms with Crippen molar-refractivity contribution in [2.75, 3.05) is 13.2 Å². The maximum absolute atomic E-state index is 10.2. The summed E-state index contributed by atoms with van der Waals surface area (Å²) in [5, 5.41) is 57.1. The minimum absolute atomic E-state index is 0.0231. The van der Waals surface area contributed by atoms with Crippen molar-refractivity contribution in [2.24, 2.45) is 11.5 Å². The summed E-state index contributed by atoms with van der Waals surface area (Å²) in [6, 6.07) is -1.06. The molecule has 0 heterocycles. The van der Waals surface area contributed by atoms with Gasteiger partial charge in [0.15, 0.2) is 0 Å². The van der Waals surface area contributed by atoms with Crippen molar-refractivity contribution >= 4 is 41.9 Å². The van der Waals surface area contributed by atoms with E-state index in [0.717, 1.165) is 6.42 Å². The van der Waals surface area contributed by atoms with Gasteiger partial charge in [-0.1, -0.05) is 0 Å². The van der Waals surface area contributed by atoms with Crippen LogP contribution >= 0.6 is 0 Å². The molecule has 204 valence electrons. The lowest BCUT2D eigenvalue weighted by Crippen LogP contribution is -2.30. The molecular formula is C19H34N2O14. The van der Waals surface area contributed by atoms with E-state index in [1.54, 1.807) is 0 Å². The normalized spacial score (nSPS) is 10.9. The first-order chi connectivity index (χ1) is 16.2. The van der Waals surface area contributed by atoms with Crippen molar-refractivity contribution in [3.05, 3.63) is 0 Å². The molecule has 0 bridgehead atoms. The number of aliphatic hydroxyl groups excluding tert-OH is 2. The molecule has 11 N–H and O–H groups in total. The Labute approximate surface area is 200 Å². The number of rotatable bonds is 15. The van der Waals surface area contributed by atoms with Gasteiger partial charge in [0.25, 0.3) is 0 Å². The van der Waals surface area contributed by atoms with Crippen LogP contribution in [0.3, 0.4) is 0 Å². The molecule has 0 saturated carbocycles. The quantitative estimate of drug-likeness (QED) is 0.0833. The smallest absolute Gasteiger partial charge is 0.372 e. The summed E-state index contributed by atoms with van der Waals surface area (Å²) < 4.78 is 0. The van der Waals surface area contributed by atoms with Gasteiger partial charge in [0.1, 0.15) is 12.3 Å². The molecule has 0 amide bonds. The molecule has 0 saturated heterocycles. The molecule has 0 aliphatic carbocycles. The first-order valence-electron chi connectivity index (χ1n) is 9.98. The molecule has 0 rings (SSSR count). The van der Waals surface area contributed by atoms with Crippen LogP contribution < -0.4 is 11.5 Å². The fraction of sp³-hybridized carbons (Fsp3) is 0.632. The predicted octanol–water partition coefficient (Wildman–Crippen LogP) is -2.10. The fourth-order valence-electron chi connectivity index (χ4n) is 1.36. The molecule has 0 fully saturated rings. The fourth-order valence-corrected chi connectivity index (χ4v) is 1.36. The second kappa shape index (κ2) is 26.8. The zero-order chi connectivity index (χ0) is 28.4. The molecular weight excluding hydrogens is 480 g/mol. The Bertz CT molecular complexity index is 653. The molecule has 0 aliphatic heterocycles. The van der Waals surface area contributed by atoms with E-state index in [1.165, 1.54) is 0 Å². The number of carbonyl (C=O) groups is 7. The summed E-state index contributed by atoms with van der Waals surface area (Å²) in [5.41, 5.74) is 10.1. The van der Waals surface area contributed by atoms with Gasteiger partial charge in [0.05, 0.1) is 25.6 Å².